The van der Waals surface area contributed by atoms with Crippen LogP contribution in [0.2, 0.25) is 0 Å². The van der Waals surface area contributed by atoms with Gasteiger partial charge in [0.25, 0.3) is 0 Å². The molecular formula is C9H7N2. The first-order valence-corrected chi connectivity index (χ1v) is 3.46. The van der Waals surface area contributed by atoms with Gasteiger partial charge in [-0.1, -0.05) is 18.2 Å². The molecule has 0 saturated heterocycles. The van der Waals surface area contributed by atoms with Crippen molar-refractivity contribution >= 4 is 10.9 Å². The van der Waals surface area contributed by atoms with E-state index < -0.39 is 0 Å². The van der Waals surface area contributed by atoms with Crippen LogP contribution in [0.1, 0.15) is 5.56 Å². The molecule has 2 rings (SSSR count). The fraction of sp³-hybridized carbons (Fsp3) is 0.111. The number of hydrogen-bond donors (Lipinski definition) is 0. The van der Waals surface area contributed by atoms with Crippen LogP contribution in [0.15, 0.2) is 24.4 Å². The molecule has 0 unspecified atom stereocenters. The predicted molar refractivity (Wildman–Crippen MR) is 43.1 cm³/mol. The molecule has 0 aliphatic heterocycles. The van der Waals surface area contributed by atoms with E-state index in [9.17, 15) is 0 Å². The summed E-state index contributed by atoms with van der Waals surface area (Å²) in [5.41, 5.74) is 2.16. The number of rotatable bonds is 0. The number of nitrogens with zero attached hydrogens (tertiary/aromatic N) is 2. The van der Waals surface area contributed by atoms with Gasteiger partial charge in [0.05, 0.1) is 5.52 Å². The van der Waals surface area contributed by atoms with Crippen molar-refractivity contribution in [2.75, 3.05) is 0 Å². The molecule has 0 aliphatic rings. The van der Waals surface area contributed by atoms with Gasteiger partial charge in [0.15, 0.2) is 6.33 Å². The van der Waals surface area contributed by atoms with Gasteiger partial charge in [-0.25, -0.2) is 9.97 Å². The second-order valence-electron chi connectivity index (χ2n) is 2.48. The van der Waals surface area contributed by atoms with E-state index in [2.05, 4.69) is 16.3 Å². The maximum absolute atomic E-state index is 4.04. The van der Waals surface area contributed by atoms with Crippen LogP contribution in [0.25, 0.3) is 10.9 Å². The molecule has 1 aromatic carbocycles. The van der Waals surface area contributed by atoms with E-state index in [1.165, 1.54) is 5.56 Å². The first-order valence-electron chi connectivity index (χ1n) is 3.46. The highest BCUT2D eigenvalue weighted by Crippen LogP contribution is 2.12. The van der Waals surface area contributed by atoms with Crippen molar-refractivity contribution in [1.29, 1.82) is 0 Å². The maximum atomic E-state index is 4.04. The largest absolute Gasteiger partial charge is 0.233 e. The van der Waals surface area contributed by atoms with E-state index >= 15 is 0 Å². The second-order valence-corrected chi connectivity index (χ2v) is 2.48. The minimum absolute atomic E-state index is 0.988. The molecule has 1 heterocycles. The molecule has 0 saturated carbocycles. The lowest BCUT2D eigenvalue weighted by atomic mass is 10.2. The fourth-order valence-corrected chi connectivity index (χ4v) is 1.12. The number of fused-ring (bicyclic) bond motifs is 1. The van der Waals surface area contributed by atoms with E-state index in [0.29, 0.717) is 0 Å². The molecule has 0 aliphatic carbocycles. The number of aromatic nitrogens is 2. The van der Waals surface area contributed by atoms with Crippen LogP contribution >= 0.6 is 0 Å². The zero-order valence-corrected chi connectivity index (χ0v) is 6.20. The van der Waals surface area contributed by atoms with Crippen molar-refractivity contribution in [2.45, 2.75) is 6.92 Å². The fourth-order valence-electron chi connectivity index (χ4n) is 1.12. The Labute approximate surface area is 64.9 Å². The lowest BCUT2D eigenvalue weighted by Gasteiger charge is -1.96. The molecule has 0 bridgehead atoms. The third-order valence-electron chi connectivity index (χ3n) is 1.69. The van der Waals surface area contributed by atoms with Gasteiger partial charge < -0.3 is 0 Å². The highest BCUT2D eigenvalue weighted by molar-refractivity contribution is 5.80. The Morgan fingerprint density at radius 3 is 3.09 bits per heavy atom. The molecule has 0 atom stereocenters. The van der Waals surface area contributed by atoms with Crippen LogP contribution in [0.4, 0.5) is 0 Å². The molecule has 1 radical (unpaired) electrons. The summed E-state index contributed by atoms with van der Waals surface area (Å²) >= 11 is 0. The lowest BCUT2D eigenvalue weighted by molar-refractivity contribution is 1.19. The van der Waals surface area contributed by atoms with E-state index in [4.69, 9.17) is 0 Å². The molecule has 0 fully saturated rings. The highest BCUT2D eigenvalue weighted by atomic mass is 14.8. The minimum Gasteiger partial charge on any atom is -0.233 e. The topological polar surface area (TPSA) is 25.8 Å². The maximum Gasteiger partial charge on any atom is 0.198 e. The molecular weight excluding hydrogens is 136 g/mol. The monoisotopic (exact) mass is 143 g/mol. The number of para-hydroxylation sites is 1. The Bertz CT molecular complexity index is 377. The molecule has 0 N–H and O–H groups in total. The van der Waals surface area contributed by atoms with Crippen LogP contribution in [0.3, 0.4) is 0 Å². The summed E-state index contributed by atoms with van der Waals surface area (Å²) in [6, 6.07) is 6.03. The van der Waals surface area contributed by atoms with Gasteiger partial charge in [-0.2, -0.15) is 0 Å². The third kappa shape index (κ3) is 0.963. The van der Waals surface area contributed by atoms with Crippen molar-refractivity contribution in [3.8, 4) is 0 Å². The van der Waals surface area contributed by atoms with Crippen LogP contribution < -0.4 is 0 Å². The molecule has 0 amide bonds. The van der Waals surface area contributed by atoms with Crippen LogP contribution in [-0.2, 0) is 0 Å². The molecule has 2 nitrogen and oxygen atoms in total. The van der Waals surface area contributed by atoms with E-state index in [1.54, 1.807) is 6.20 Å². The minimum atomic E-state index is 0.988. The van der Waals surface area contributed by atoms with Gasteiger partial charge >= 0.3 is 0 Å². The quantitative estimate of drug-likeness (QED) is 0.561. The number of aryl methyl sites for hydroxylation is 1. The van der Waals surface area contributed by atoms with Crippen LogP contribution in [0, 0.1) is 13.3 Å². The van der Waals surface area contributed by atoms with Crippen molar-refractivity contribution in [3.05, 3.63) is 36.3 Å². The van der Waals surface area contributed by atoms with Gasteiger partial charge in [0, 0.05) is 11.6 Å². The number of benzene rings is 1. The third-order valence-corrected chi connectivity index (χ3v) is 1.69. The molecule has 1 aromatic heterocycles. The summed E-state index contributed by atoms with van der Waals surface area (Å²) in [6.45, 7) is 2.03. The zero-order chi connectivity index (χ0) is 7.68. The smallest absolute Gasteiger partial charge is 0.198 e. The number of hydrogen-bond acceptors (Lipinski definition) is 2. The van der Waals surface area contributed by atoms with E-state index in [-0.39, 0.29) is 0 Å². The lowest BCUT2D eigenvalue weighted by Crippen LogP contribution is -1.83. The molecule has 53 valence electrons. The van der Waals surface area contributed by atoms with Crippen molar-refractivity contribution < 1.29 is 0 Å². The highest BCUT2D eigenvalue weighted by Gasteiger charge is 1.94. The first kappa shape index (κ1) is 6.28. The average Bonchev–Trinajstić information content (AvgIpc) is 2.06. The molecule has 2 aromatic rings. The summed E-state index contributed by atoms with van der Waals surface area (Å²) in [5, 5.41) is 1.07. The van der Waals surface area contributed by atoms with Crippen molar-refractivity contribution in [2.24, 2.45) is 0 Å². The predicted octanol–water partition coefficient (Wildman–Crippen LogP) is 1.74. The van der Waals surface area contributed by atoms with Gasteiger partial charge in [-0.3, -0.25) is 0 Å². The molecule has 2 heteroatoms. The Kier molecular flexibility index (Phi) is 1.32. The van der Waals surface area contributed by atoms with E-state index in [0.717, 1.165) is 10.9 Å². The molecule has 11 heavy (non-hydrogen) atoms. The van der Waals surface area contributed by atoms with Crippen LogP contribution in [-0.4, -0.2) is 9.97 Å². The van der Waals surface area contributed by atoms with E-state index in [1.807, 2.05) is 25.1 Å². The SMILES string of the molecule is Cc1cccc2cn[c]nc12. The Hall–Kier alpha value is -1.44. The van der Waals surface area contributed by atoms with Crippen molar-refractivity contribution in [3.63, 3.8) is 0 Å². The Morgan fingerprint density at radius 1 is 1.36 bits per heavy atom. The van der Waals surface area contributed by atoms with Gasteiger partial charge in [0.2, 0.25) is 0 Å². The zero-order valence-electron chi connectivity index (χ0n) is 6.20. The summed E-state index contributed by atoms with van der Waals surface area (Å²) in [5.74, 6) is 0. The van der Waals surface area contributed by atoms with Crippen LogP contribution in [0.5, 0.6) is 0 Å². The Balaban J connectivity index is 2.91. The summed E-state index contributed by atoms with van der Waals surface area (Å²) < 4.78 is 0. The van der Waals surface area contributed by atoms with Gasteiger partial charge in [-0.15, -0.1) is 0 Å². The second kappa shape index (κ2) is 2.31. The van der Waals surface area contributed by atoms with Gasteiger partial charge in [0.1, 0.15) is 0 Å². The molecule has 0 spiro atoms. The standard InChI is InChI=1S/C9H7N2/c1-7-3-2-4-8-5-10-6-11-9(7)8/h2-5H,1H3. The average molecular weight is 143 g/mol. The van der Waals surface area contributed by atoms with Gasteiger partial charge in [-0.05, 0) is 12.5 Å². The first-order chi connectivity index (χ1) is 5.38. The Morgan fingerprint density at radius 2 is 2.27 bits per heavy atom. The normalized spacial score (nSPS) is 10.3. The summed E-state index contributed by atoms with van der Waals surface area (Å²) in [6.07, 6.45) is 4.35. The summed E-state index contributed by atoms with van der Waals surface area (Å²) in [7, 11) is 0. The summed E-state index contributed by atoms with van der Waals surface area (Å²) in [4.78, 5) is 7.86. The van der Waals surface area contributed by atoms with Crippen molar-refractivity contribution in [1.82, 2.24) is 9.97 Å².